The Labute approximate surface area is 170 Å². The molecule has 7 heteroatoms. The highest BCUT2D eigenvalue weighted by molar-refractivity contribution is 5.92. The number of hydrogen-bond donors (Lipinski definition) is 0. The molecule has 3 aromatic rings. The highest BCUT2D eigenvalue weighted by Gasteiger charge is 2.15. The van der Waals surface area contributed by atoms with Crippen molar-refractivity contribution in [2.75, 3.05) is 21.3 Å². The van der Waals surface area contributed by atoms with Crippen molar-refractivity contribution in [1.82, 2.24) is 19.7 Å². The van der Waals surface area contributed by atoms with Crippen molar-refractivity contribution in [3.05, 3.63) is 72.3 Å². The fourth-order valence-electron chi connectivity index (χ4n) is 2.90. The molecule has 0 aliphatic rings. The van der Waals surface area contributed by atoms with Gasteiger partial charge in [0.25, 0.3) is 0 Å². The highest BCUT2D eigenvalue weighted by atomic mass is 16.5. The van der Waals surface area contributed by atoms with E-state index >= 15 is 0 Å². The summed E-state index contributed by atoms with van der Waals surface area (Å²) in [6, 6.07) is 13.3. The number of benzene rings is 2. The van der Waals surface area contributed by atoms with E-state index in [4.69, 9.17) is 9.47 Å². The van der Waals surface area contributed by atoms with Crippen LogP contribution < -0.4 is 9.47 Å². The second kappa shape index (κ2) is 9.05. The Bertz CT molecular complexity index is 982. The Morgan fingerprint density at radius 3 is 2.45 bits per heavy atom. The predicted molar refractivity (Wildman–Crippen MR) is 111 cm³/mol. The van der Waals surface area contributed by atoms with Crippen molar-refractivity contribution in [2.45, 2.75) is 13.0 Å². The lowest BCUT2D eigenvalue weighted by molar-refractivity contribution is -0.126. The Kier molecular flexibility index (Phi) is 6.29. The highest BCUT2D eigenvalue weighted by Crippen LogP contribution is 2.28. The zero-order valence-electron chi connectivity index (χ0n) is 16.9. The monoisotopic (exact) mass is 392 g/mol. The van der Waals surface area contributed by atoms with E-state index in [0.29, 0.717) is 11.5 Å². The molecular weight excluding hydrogens is 368 g/mol. The van der Waals surface area contributed by atoms with Gasteiger partial charge in [0.1, 0.15) is 12.7 Å². The summed E-state index contributed by atoms with van der Waals surface area (Å²) >= 11 is 0. The van der Waals surface area contributed by atoms with E-state index < -0.39 is 0 Å². The first-order chi connectivity index (χ1) is 14.0. The first kappa shape index (κ1) is 20.1. The largest absolute Gasteiger partial charge is 0.493 e. The molecular formula is C22H24N4O3. The summed E-state index contributed by atoms with van der Waals surface area (Å²) in [6.07, 6.45) is 6.46. The SMILES string of the molecule is COc1ccc(/C=C/C(=O)N(C)[C@H](C)c2ccc(-n3cncn3)cc2)cc1OC. The average molecular weight is 392 g/mol. The van der Waals surface area contributed by atoms with Crippen LogP contribution in [0.25, 0.3) is 11.8 Å². The van der Waals surface area contributed by atoms with Gasteiger partial charge in [0, 0.05) is 13.1 Å². The summed E-state index contributed by atoms with van der Waals surface area (Å²) in [5.74, 6) is 1.18. The molecule has 0 unspecified atom stereocenters. The maximum atomic E-state index is 12.6. The topological polar surface area (TPSA) is 69.5 Å². The predicted octanol–water partition coefficient (Wildman–Crippen LogP) is 3.52. The van der Waals surface area contributed by atoms with Gasteiger partial charge in [-0.1, -0.05) is 18.2 Å². The summed E-state index contributed by atoms with van der Waals surface area (Å²) in [5.41, 5.74) is 2.80. The molecule has 0 aliphatic heterocycles. The van der Waals surface area contributed by atoms with E-state index in [1.165, 1.54) is 6.33 Å². The molecule has 150 valence electrons. The van der Waals surface area contributed by atoms with Gasteiger partial charge in [0.15, 0.2) is 11.5 Å². The van der Waals surface area contributed by atoms with Crippen molar-refractivity contribution in [3.8, 4) is 17.2 Å². The fraction of sp³-hybridized carbons (Fsp3) is 0.227. The lowest BCUT2D eigenvalue weighted by Gasteiger charge is -2.24. The number of ether oxygens (including phenoxy) is 2. The maximum absolute atomic E-state index is 12.6. The Morgan fingerprint density at radius 1 is 1.10 bits per heavy atom. The van der Waals surface area contributed by atoms with Crippen LogP contribution in [0.15, 0.2) is 61.2 Å². The van der Waals surface area contributed by atoms with E-state index in [1.54, 1.807) is 49.3 Å². The molecule has 0 saturated carbocycles. The van der Waals surface area contributed by atoms with Gasteiger partial charge in [-0.25, -0.2) is 9.67 Å². The number of likely N-dealkylation sites (N-methyl/N-ethyl adjacent to an activating group) is 1. The molecule has 1 aromatic heterocycles. The second-order valence-electron chi connectivity index (χ2n) is 6.50. The van der Waals surface area contributed by atoms with Crippen LogP contribution in [0.5, 0.6) is 11.5 Å². The molecule has 1 atom stereocenters. The van der Waals surface area contributed by atoms with E-state index in [-0.39, 0.29) is 11.9 Å². The molecule has 0 spiro atoms. The van der Waals surface area contributed by atoms with Crippen molar-refractivity contribution >= 4 is 12.0 Å². The van der Waals surface area contributed by atoms with Crippen molar-refractivity contribution < 1.29 is 14.3 Å². The zero-order chi connectivity index (χ0) is 20.8. The van der Waals surface area contributed by atoms with Gasteiger partial charge in [-0.2, -0.15) is 5.10 Å². The Balaban J connectivity index is 1.68. The minimum absolute atomic E-state index is 0.0812. The number of carbonyl (C=O) groups is 1. The normalized spacial score (nSPS) is 12.0. The third-order valence-corrected chi connectivity index (χ3v) is 4.81. The van der Waals surface area contributed by atoms with E-state index in [1.807, 2.05) is 49.4 Å². The van der Waals surface area contributed by atoms with E-state index in [9.17, 15) is 4.79 Å². The van der Waals surface area contributed by atoms with Gasteiger partial charge in [0.05, 0.1) is 25.9 Å². The van der Waals surface area contributed by atoms with Gasteiger partial charge in [0.2, 0.25) is 5.91 Å². The number of aromatic nitrogens is 3. The number of hydrogen-bond acceptors (Lipinski definition) is 5. The lowest BCUT2D eigenvalue weighted by atomic mass is 10.1. The number of rotatable bonds is 7. The molecule has 0 fully saturated rings. The quantitative estimate of drug-likeness (QED) is 0.576. The molecule has 0 radical (unpaired) electrons. The summed E-state index contributed by atoms with van der Waals surface area (Å²) in [4.78, 5) is 18.3. The van der Waals surface area contributed by atoms with Crippen LogP contribution in [0.3, 0.4) is 0 Å². The van der Waals surface area contributed by atoms with Crippen molar-refractivity contribution in [2.24, 2.45) is 0 Å². The number of methoxy groups -OCH3 is 2. The minimum Gasteiger partial charge on any atom is -0.493 e. The van der Waals surface area contributed by atoms with Gasteiger partial charge in [-0.3, -0.25) is 4.79 Å². The van der Waals surface area contributed by atoms with Crippen LogP contribution in [0.2, 0.25) is 0 Å². The Hall–Kier alpha value is -3.61. The van der Waals surface area contributed by atoms with Gasteiger partial charge < -0.3 is 14.4 Å². The molecule has 0 aliphatic carbocycles. The van der Waals surface area contributed by atoms with Crippen molar-refractivity contribution in [3.63, 3.8) is 0 Å². The molecule has 2 aromatic carbocycles. The standard InChI is InChI=1S/C22H24N4O3/c1-16(18-7-9-19(10-8-18)26-15-23-14-24-26)25(2)22(27)12-6-17-5-11-20(28-3)21(13-17)29-4/h5-16H,1-4H3/b12-6+/t16-/m1/s1. The zero-order valence-corrected chi connectivity index (χ0v) is 16.9. The number of carbonyl (C=O) groups excluding carboxylic acids is 1. The minimum atomic E-state index is -0.0902. The Morgan fingerprint density at radius 2 is 1.83 bits per heavy atom. The molecule has 1 heterocycles. The van der Waals surface area contributed by atoms with Gasteiger partial charge >= 0.3 is 0 Å². The average Bonchev–Trinajstić information content (AvgIpc) is 3.31. The molecule has 0 N–H and O–H groups in total. The first-order valence-electron chi connectivity index (χ1n) is 9.15. The first-order valence-corrected chi connectivity index (χ1v) is 9.15. The third kappa shape index (κ3) is 4.63. The summed E-state index contributed by atoms with van der Waals surface area (Å²) in [7, 11) is 4.96. The molecule has 7 nitrogen and oxygen atoms in total. The summed E-state index contributed by atoms with van der Waals surface area (Å²) < 4.78 is 12.2. The van der Waals surface area contributed by atoms with E-state index in [0.717, 1.165) is 16.8 Å². The molecule has 29 heavy (non-hydrogen) atoms. The van der Waals surface area contributed by atoms with E-state index in [2.05, 4.69) is 10.1 Å². The summed E-state index contributed by atoms with van der Waals surface area (Å²) in [5, 5.41) is 4.12. The van der Waals surface area contributed by atoms with Crippen LogP contribution in [-0.4, -0.2) is 46.8 Å². The van der Waals surface area contributed by atoms with Gasteiger partial charge in [-0.15, -0.1) is 0 Å². The molecule has 1 amide bonds. The number of nitrogens with zero attached hydrogens (tertiary/aromatic N) is 4. The summed E-state index contributed by atoms with van der Waals surface area (Å²) in [6.45, 7) is 1.99. The van der Waals surface area contributed by atoms with Gasteiger partial charge in [-0.05, 0) is 48.4 Å². The van der Waals surface area contributed by atoms with Crippen molar-refractivity contribution in [1.29, 1.82) is 0 Å². The van der Waals surface area contributed by atoms with Crippen LogP contribution in [0.4, 0.5) is 0 Å². The second-order valence-corrected chi connectivity index (χ2v) is 6.50. The van der Waals surface area contributed by atoms with Crippen LogP contribution >= 0.6 is 0 Å². The van der Waals surface area contributed by atoms with Crippen LogP contribution in [0.1, 0.15) is 24.1 Å². The molecule has 0 bridgehead atoms. The lowest BCUT2D eigenvalue weighted by Crippen LogP contribution is -2.27. The maximum Gasteiger partial charge on any atom is 0.246 e. The van der Waals surface area contributed by atoms with Crippen LogP contribution in [-0.2, 0) is 4.79 Å². The van der Waals surface area contributed by atoms with Crippen LogP contribution in [0, 0.1) is 0 Å². The fourth-order valence-corrected chi connectivity index (χ4v) is 2.90. The smallest absolute Gasteiger partial charge is 0.246 e. The molecule has 0 saturated heterocycles. The molecule has 3 rings (SSSR count). The third-order valence-electron chi connectivity index (χ3n) is 4.81. The number of amides is 1.